The van der Waals surface area contributed by atoms with E-state index in [2.05, 4.69) is 25.9 Å². The van der Waals surface area contributed by atoms with E-state index in [1.165, 1.54) is 17.5 Å². The van der Waals surface area contributed by atoms with Crippen molar-refractivity contribution in [2.75, 3.05) is 11.9 Å². The van der Waals surface area contributed by atoms with Gasteiger partial charge in [0, 0.05) is 6.54 Å². The van der Waals surface area contributed by atoms with Crippen LogP contribution in [0.3, 0.4) is 0 Å². The maximum absolute atomic E-state index is 10.5. The molecule has 3 rings (SSSR count). The number of anilines is 1. The van der Waals surface area contributed by atoms with E-state index in [4.69, 9.17) is 0 Å². The van der Waals surface area contributed by atoms with E-state index < -0.39 is 5.60 Å². The maximum atomic E-state index is 10.5. The fourth-order valence-electron chi connectivity index (χ4n) is 2.56. The molecule has 1 fully saturated rings. The van der Waals surface area contributed by atoms with Crippen molar-refractivity contribution >= 4 is 11.5 Å². The van der Waals surface area contributed by atoms with E-state index in [0.717, 1.165) is 25.7 Å². The van der Waals surface area contributed by atoms with Crippen molar-refractivity contribution in [3.05, 3.63) is 12.1 Å². The van der Waals surface area contributed by atoms with Gasteiger partial charge in [0.25, 0.3) is 0 Å². The number of hydrogen-bond donors (Lipinski definition) is 2. The van der Waals surface area contributed by atoms with E-state index in [1.54, 1.807) is 6.07 Å². The maximum Gasteiger partial charge on any atom is 0.200 e. The van der Waals surface area contributed by atoms with Crippen LogP contribution in [0.5, 0.6) is 0 Å². The Bertz CT molecular complexity index is 546. The van der Waals surface area contributed by atoms with Gasteiger partial charge in [0.05, 0.1) is 5.60 Å². The lowest BCUT2D eigenvalue weighted by Gasteiger charge is -2.26. The monoisotopic (exact) mass is 262 g/mol. The van der Waals surface area contributed by atoms with Gasteiger partial charge < -0.3 is 10.4 Å². The van der Waals surface area contributed by atoms with Crippen molar-refractivity contribution in [2.24, 2.45) is 0 Å². The van der Waals surface area contributed by atoms with Gasteiger partial charge in [-0.2, -0.15) is 0 Å². The molecule has 2 heterocycles. The highest BCUT2D eigenvalue weighted by Gasteiger charge is 2.27. The van der Waals surface area contributed by atoms with Crippen LogP contribution in [0.4, 0.5) is 5.82 Å². The van der Waals surface area contributed by atoms with Gasteiger partial charge in [-0.1, -0.05) is 25.7 Å². The first-order chi connectivity index (χ1) is 9.25. The number of aromatic nitrogens is 5. The predicted octanol–water partition coefficient (Wildman–Crippen LogP) is 1.02. The smallest absolute Gasteiger partial charge is 0.200 e. The van der Waals surface area contributed by atoms with Crippen molar-refractivity contribution in [1.82, 2.24) is 25.3 Å². The lowest BCUT2D eigenvalue weighted by Crippen LogP contribution is -2.36. The van der Waals surface area contributed by atoms with Crippen LogP contribution < -0.4 is 5.32 Å². The summed E-state index contributed by atoms with van der Waals surface area (Å²) >= 11 is 0. The van der Waals surface area contributed by atoms with Crippen LogP contribution in [-0.4, -0.2) is 42.5 Å². The molecule has 7 heteroatoms. The molecule has 0 unspecified atom stereocenters. The average molecular weight is 262 g/mol. The molecule has 2 aromatic heterocycles. The van der Waals surface area contributed by atoms with Gasteiger partial charge in [0.2, 0.25) is 0 Å². The highest BCUT2D eigenvalue weighted by atomic mass is 16.3. The molecule has 0 radical (unpaired) electrons. The number of nitrogens with zero attached hydrogens (tertiary/aromatic N) is 5. The second-order valence-electron chi connectivity index (χ2n) is 5.24. The van der Waals surface area contributed by atoms with Crippen LogP contribution in [0, 0.1) is 0 Å². The fourth-order valence-corrected chi connectivity index (χ4v) is 2.56. The molecule has 0 saturated heterocycles. The Kier molecular flexibility index (Phi) is 3.29. The van der Waals surface area contributed by atoms with E-state index in [1.807, 2.05) is 6.07 Å². The van der Waals surface area contributed by atoms with Crippen LogP contribution in [0.15, 0.2) is 12.1 Å². The molecule has 7 nitrogen and oxygen atoms in total. The van der Waals surface area contributed by atoms with Gasteiger partial charge in [0.15, 0.2) is 5.65 Å². The summed E-state index contributed by atoms with van der Waals surface area (Å²) in [5.41, 5.74) is -0.00737. The quantitative estimate of drug-likeness (QED) is 0.803. The minimum absolute atomic E-state index is 0.521. The third kappa shape index (κ3) is 2.81. The molecular formula is C12H18N6O. The summed E-state index contributed by atoms with van der Waals surface area (Å²) in [4.78, 5) is 0. The van der Waals surface area contributed by atoms with Crippen LogP contribution in [0.2, 0.25) is 0 Å². The predicted molar refractivity (Wildman–Crippen MR) is 69.7 cm³/mol. The third-order valence-corrected chi connectivity index (χ3v) is 3.70. The Labute approximate surface area is 111 Å². The van der Waals surface area contributed by atoms with Gasteiger partial charge in [-0.3, -0.25) is 0 Å². The Morgan fingerprint density at radius 2 is 2.00 bits per heavy atom. The highest BCUT2D eigenvalue weighted by Crippen LogP contribution is 2.27. The first-order valence-corrected chi connectivity index (χ1v) is 6.77. The summed E-state index contributed by atoms with van der Waals surface area (Å²) in [6, 6.07) is 3.62. The zero-order valence-corrected chi connectivity index (χ0v) is 10.8. The van der Waals surface area contributed by atoms with Crippen LogP contribution in [0.25, 0.3) is 5.65 Å². The van der Waals surface area contributed by atoms with Crippen molar-refractivity contribution < 1.29 is 5.11 Å². The summed E-state index contributed by atoms with van der Waals surface area (Å²) < 4.78 is 1.37. The van der Waals surface area contributed by atoms with Gasteiger partial charge in [-0.15, -0.1) is 14.8 Å². The second-order valence-corrected chi connectivity index (χ2v) is 5.24. The van der Waals surface area contributed by atoms with Crippen molar-refractivity contribution in [1.29, 1.82) is 0 Å². The van der Waals surface area contributed by atoms with Gasteiger partial charge in [-0.05, 0) is 35.4 Å². The van der Waals surface area contributed by atoms with Crippen molar-refractivity contribution in [3.63, 3.8) is 0 Å². The zero-order valence-electron chi connectivity index (χ0n) is 10.8. The molecule has 0 bridgehead atoms. The minimum atomic E-state index is -0.617. The molecule has 1 aliphatic carbocycles. The molecular weight excluding hydrogens is 244 g/mol. The molecule has 2 N–H and O–H groups in total. The summed E-state index contributed by atoms with van der Waals surface area (Å²) in [6.45, 7) is 0.521. The Morgan fingerprint density at radius 1 is 1.21 bits per heavy atom. The third-order valence-electron chi connectivity index (χ3n) is 3.70. The minimum Gasteiger partial charge on any atom is -0.388 e. The molecule has 0 aromatic carbocycles. The summed E-state index contributed by atoms with van der Waals surface area (Å²) in [7, 11) is 0. The Morgan fingerprint density at radius 3 is 2.79 bits per heavy atom. The molecule has 1 saturated carbocycles. The fraction of sp³-hybridized carbons (Fsp3) is 0.667. The van der Waals surface area contributed by atoms with E-state index in [9.17, 15) is 5.11 Å². The molecule has 0 aliphatic heterocycles. The number of nitrogens with one attached hydrogen (secondary N) is 1. The van der Waals surface area contributed by atoms with Gasteiger partial charge in [0.1, 0.15) is 5.82 Å². The number of tetrazole rings is 1. The molecule has 0 atom stereocenters. The first-order valence-electron chi connectivity index (χ1n) is 6.77. The number of aliphatic hydroxyl groups is 1. The van der Waals surface area contributed by atoms with Crippen molar-refractivity contribution in [2.45, 2.75) is 44.1 Å². The molecule has 0 amide bonds. The van der Waals surface area contributed by atoms with Crippen LogP contribution >= 0.6 is 0 Å². The topological polar surface area (TPSA) is 88.2 Å². The summed E-state index contributed by atoms with van der Waals surface area (Å²) in [6.07, 6.45) is 6.34. The average Bonchev–Trinajstić information content (AvgIpc) is 2.78. The molecule has 1 aliphatic rings. The summed E-state index contributed by atoms with van der Waals surface area (Å²) in [5.74, 6) is 0.678. The number of rotatable bonds is 3. The van der Waals surface area contributed by atoms with E-state index in [-0.39, 0.29) is 0 Å². The standard InChI is InChI=1S/C12H18N6O/c19-12(7-3-1-2-4-8-12)9-13-10-5-6-11-14-16-17-18(11)15-10/h5-6,19H,1-4,7-9H2,(H,13,15). The molecule has 19 heavy (non-hydrogen) atoms. The first kappa shape index (κ1) is 12.3. The van der Waals surface area contributed by atoms with Crippen LogP contribution in [0.1, 0.15) is 38.5 Å². The van der Waals surface area contributed by atoms with E-state index in [0.29, 0.717) is 18.0 Å². The van der Waals surface area contributed by atoms with Crippen LogP contribution in [-0.2, 0) is 0 Å². The number of fused-ring (bicyclic) bond motifs is 1. The second kappa shape index (κ2) is 5.08. The molecule has 102 valence electrons. The van der Waals surface area contributed by atoms with Gasteiger partial charge >= 0.3 is 0 Å². The van der Waals surface area contributed by atoms with Crippen molar-refractivity contribution in [3.8, 4) is 0 Å². The largest absolute Gasteiger partial charge is 0.388 e. The highest BCUT2D eigenvalue weighted by molar-refractivity contribution is 5.42. The normalized spacial score (nSPS) is 19.2. The molecule has 0 spiro atoms. The van der Waals surface area contributed by atoms with E-state index >= 15 is 0 Å². The summed E-state index contributed by atoms with van der Waals surface area (Å²) in [5, 5.41) is 29.1. The SMILES string of the molecule is OC1(CNc2ccc3nnnn3n2)CCCCCC1. The molecule has 2 aromatic rings. The Hall–Kier alpha value is -1.76. The lowest BCUT2D eigenvalue weighted by atomic mass is 9.94. The van der Waals surface area contributed by atoms with Gasteiger partial charge in [-0.25, -0.2) is 0 Å². The lowest BCUT2D eigenvalue weighted by molar-refractivity contribution is 0.0380. The Balaban J connectivity index is 1.67. The number of hydrogen-bond acceptors (Lipinski definition) is 6. The zero-order chi connectivity index (χ0) is 13.1.